The van der Waals surface area contributed by atoms with Crippen molar-refractivity contribution in [2.24, 2.45) is 0 Å². The van der Waals surface area contributed by atoms with E-state index in [4.69, 9.17) is 35.4 Å². The van der Waals surface area contributed by atoms with Crippen LogP contribution in [0.25, 0.3) is 0 Å². The number of halogens is 2. The summed E-state index contributed by atoms with van der Waals surface area (Å²) in [5.41, 5.74) is 2.95. The van der Waals surface area contributed by atoms with Crippen LogP contribution in [0.2, 0.25) is 10.0 Å². The Bertz CT molecular complexity index is 870. The van der Waals surface area contributed by atoms with Gasteiger partial charge in [-0.2, -0.15) is 5.10 Å². The Morgan fingerprint density at radius 2 is 1.72 bits per heavy atom. The zero-order valence-electron chi connectivity index (χ0n) is 13.5. The number of aryl methyl sites for hydroxylation is 1. The van der Waals surface area contributed by atoms with Crippen LogP contribution in [0.5, 0.6) is 0 Å². The van der Waals surface area contributed by atoms with E-state index in [1.807, 2.05) is 61.7 Å². The van der Waals surface area contributed by atoms with Crippen LogP contribution in [0.15, 0.2) is 54.7 Å². The summed E-state index contributed by atoms with van der Waals surface area (Å²) in [6.45, 7) is 2.52. The van der Waals surface area contributed by atoms with E-state index < -0.39 is 0 Å². The molecule has 0 aliphatic rings. The number of thiocarbonyl (C=S) groups is 1. The van der Waals surface area contributed by atoms with Gasteiger partial charge in [0.2, 0.25) is 0 Å². The molecule has 0 atom stereocenters. The molecule has 3 aromatic rings. The molecule has 2 aromatic carbocycles. The largest absolute Gasteiger partial charge is 0.332 e. The highest BCUT2D eigenvalue weighted by atomic mass is 35.5. The first-order valence-corrected chi connectivity index (χ1v) is 8.79. The molecule has 0 aliphatic carbocycles. The molecule has 0 saturated carbocycles. The van der Waals surface area contributed by atoms with Crippen LogP contribution in [0.1, 0.15) is 11.1 Å². The lowest BCUT2D eigenvalue weighted by Crippen LogP contribution is -2.19. The molecule has 0 bridgehead atoms. The minimum atomic E-state index is 0.477. The standard InChI is InChI=1S/C18H16Cl2N4S/c1-12-5-7-13(8-6-12)21-18(25)22-17-9-10-24(23-17)11-14-15(19)3-2-4-16(14)20/h2-10H,11H2,1H3,(H2,21,22,23,25). The molecule has 0 unspecified atom stereocenters. The van der Waals surface area contributed by atoms with Gasteiger partial charge >= 0.3 is 0 Å². The van der Waals surface area contributed by atoms with Crippen LogP contribution in [0.3, 0.4) is 0 Å². The number of rotatable bonds is 4. The first-order valence-electron chi connectivity index (χ1n) is 7.62. The second kappa shape index (κ2) is 7.87. The van der Waals surface area contributed by atoms with Crippen LogP contribution >= 0.6 is 35.4 Å². The molecule has 0 spiro atoms. The third-order valence-electron chi connectivity index (χ3n) is 3.57. The number of benzene rings is 2. The fraction of sp³-hybridized carbons (Fsp3) is 0.111. The number of hydrogen-bond donors (Lipinski definition) is 2. The number of nitrogens with one attached hydrogen (secondary N) is 2. The average Bonchev–Trinajstić information content (AvgIpc) is 3.00. The molecule has 0 amide bonds. The zero-order chi connectivity index (χ0) is 17.8. The number of aromatic nitrogens is 2. The van der Waals surface area contributed by atoms with Gasteiger partial charge in [-0.15, -0.1) is 0 Å². The molecule has 0 radical (unpaired) electrons. The molecule has 7 heteroatoms. The summed E-state index contributed by atoms with van der Waals surface area (Å²) in [6, 6.07) is 15.3. The predicted octanol–water partition coefficient (Wildman–Crippen LogP) is 5.36. The van der Waals surface area contributed by atoms with Gasteiger partial charge in [0.1, 0.15) is 0 Å². The molecule has 25 heavy (non-hydrogen) atoms. The Morgan fingerprint density at radius 3 is 2.40 bits per heavy atom. The number of anilines is 2. The molecule has 0 aliphatic heterocycles. The van der Waals surface area contributed by atoms with Crippen molar-refractivity contribution < 1.29 is 0 Å². The fourth-order valence-corrected chi connectivity index (χ4v) is 3.02. The van der Waals surface area contributed by atoms with Gasteiger partial charge in [-0.1, -0.05) is 47.0 Å². The normalized spacial score (nSPS) is 10.5. The Kier molecular flexibility index (Phi) is 5.58. The molecule has 0 saturated heterocycles. The van der Waals surface area contributed by atoms with Crippen LogP contribution in [-0.4, -0.2) is 14.9 Å². The predicted molar refractivity (Wildman–Crippen MR) is 109 cm³/mol. The molecule has 1 heterocycles. The molecular formula is C18H16Cl2N4S. The Balaban J connectivity index is 1.63. The van der Waals surface area contributed by atoms with Gasteiger partial charge in [-0.25, -0.2) is 0 Å². The van der Waals surface area contributed by atoms with Gasteiger partial charge < -0.3 is 10.6 Å². The van der Waals surface area contributed by atoms with Gasteiger partial charge in [-0.05, 0) is 43.4 Å². The lowest BCUT2D eigenvalue weighted by Gasteiger charge is -2.09. The fourth-order valence-electron chi connectivity index (χ4n) is 2.28. The quantitative estimate of drug-likeness (QED) is 0.588. The zero-order valence-corrected chi connectivity index (χ0v) is 15.8. The Hall–Kier alpha value is -2.08. The summed E-state index contributed by atoms with van der Waals surface area (Å²) in [5, 5.41) is 12.3. The lowest BCUT2D eigenvalue weighted by atomic mass is 10.2. The van der Waals surface area contributed by atoms with Crippen molar-refractivity contribution in [1.82, 2.24) is 9.78 Å². The minimum absolute atomic E-state index is 0.477. The molecule has 3 rings (SSSR count). The first-order chi connectivity index (χ1) is 12.0. The summed E-state index contributed by atoms with van der Waals surface area (Å²) < 4.78 is 1.75. The molecule has 0 fully saturated rings. The van der Waals surface area contributed by atoms with E-state index in [9.17, 15) is 0 Å². The molecule has 128 valence electrons. The van der Waals surface area contributed by atoms with Crippen LogP contribution < -0.4 is 10.6 Å². The van der Waals surface area contributed by atoms with Crippen molar-refractivity contribution in [3.05, 3.63) is 75.9 Å². The topological polar surface area (TPSA) is 41.9 Å². The van der Waals surface area contributed by atoms with E-state index in [0.29, 0.717) is 27.5 Å². The highest BCUT2D eigenvalue weighted by Crippen LogP contribution is 2.25. The maximum absolute atomic E-state index is 6.20. The highest BCUT2D eigenvalue weighted by molar-refractivity contribution is 7.80. The smallest absolute Gasteiger partial charge is 0.176 e. The summed E-state index contributed by atoms with van der Waals surface area (Å²) in [5.74, 6) is 0.646. The second-order valence-electron chi connectivity index (χ2n) is 5.54. The summed E-state index contributed by atoms with van der Waals surface area (Å²) in [6.07, 6.45) is 1.84. The first kappa shape index (κ1) is 17.7. The van der Waals surface area contributed by atoms with Crippen molar-refractivity contribution in [1.29, 1.82) is 0 Å². The maximum Gasteiger partial charge on any atom is 0.176 e. The molecule has 4 nitrogen and oxygen atoms in total. The SMILES string of the molecule is Cc1ccc(NC(=S)Nc2ccn(Cc3c(Cl)cccc3Cl)n2)cc1. The van der Waals surface area contributed by atoms with Gasteiger partial charge in [0.05, 0.1) is 6.54 Å². The van der Waals surface area contributed by atoms with Crippen LogP contribution in [0.4, 0.5) is 11.5 Å². The van der Waals surface area contributed by atoms with E-state index >= 15 is 0 Å². The Morgan fingerprint density at radius 1 is 1.04 bits per heavy atom. The van der Waals surface area contributed by atoms with Gasteiger partial charge in [0.15, 0.2) is 10.9 Å². The van der Waals surface area contributed by atoms with Crippen molar-refractivity contribution >= 4 is 52.0 Å². The van der Waals surface area contributed by atoms with Gasteiger partial charge in [-0.3, -0.25) is 4.68 Å². The highest BCUT2D eigenvalue weighted by Gasteiger charge is 2.08. The van der Waals surface area contributed by atoms with Gasteiger partial charge in [0, 0.05) is 33.6 Å². The summed E-state index contributed by atoms with van der Waals surface area (Å²) in [7, 11) is 0. The van der Waals surface area contributed by atoms with E-state index in [2.05, 4.69) is 15.7 Å². The number of nitrogens with zero attached hydrogens (tertiary/aromatic N) is 2. The van der Waals surface area contributed by atoms with Gasteiger partial charge in [0.25, 0.3) is 0 Å². The molecular weight excluding hydrogens is 375 g/mol. The monoisotopic (exact) mass is 390 g/mol. The van der Waals surface area contributed by atoms with E-state index in [1.165, 1.54) is 5.56 Å². The molecule has 2 N–H and O–H groups in total. The van der Waals surface area contributed by atoms with Crippen molar-refractivity contribution in [3.8, 4) is 0 Å². The van der Waals surface area contributed by atoms with Crippen LogP contribution in [0, 0.1) is 6.92 Å². The third-order valence-corrected chi connectivity index (χ3v) is 4.49. The van der Waals surface area contributed by atoms with Crippen molar-refractivity contribution in [2.75, 3.05) is 10.6 Å². The van der Waals surface area contributed by atoms with E-state index in [0.717, 1.165) is 11.3 Å². The minimum Gasteiger partial charge on any atom is -0.332 e. The van der Waals surface area contributed by atoms with E-state index in [-0.39, 0.29) is 0 Å². The van der Waals surface area contributed by atoms with Crippen LogP contribution in [-0.2, 0) is 6.54 Å². The number of hydrogen-bond acceptors (Lipinski definition) is 2. The summed E-state index contributed by atoms with van der Waals surface area (Å²) >= 11 is 17.7. The van der Waals surface area contributed by atoms with Crippen molar-refractivity contribution in [2.45, 2.75) is 13.5 Å². The summed E-state index contributed by atoms with van der Waals surface area (Å²) in [4.78, 5) is 0. The lowest BCUT2D eigenvalue weighted by molar-refractivity contribution is 0.690. The molecule has 1 aromatic heterocycles. The third kappa shape index (κ3) is 4.72. The average molecular weight is 391 g/mol. The maximum atomic E-state index is 6.20. The Labute approximate surface area is 161 Å². The van der Waals surface area contributed by atoms with Crippen molar-refractivity contribution in [3.63, 3.8) is 0 Å². The second-order valence-corrected chi connectivity index (χ2v) is 6.77. The van der Waals surface area contributed by atoms with E-state index in [1.54, 1.807) is 4.68 Å².